The quantitative estimate of drug-likeness (QED) is 0.833. The van der Waals surface area contributed by atoms with Gasteiger partial charge in [0.1, 0.15) is 6.10 Å². The number of hydrogen-bond donors (Lipinski definition) is 1. The van der Waals surface area contributed by atoms with Gasteiger partial charge in [0.2, 0.25) is 6.29 Å². The van der Waals surface area contributed by atoms with E-state index in [4.69, 9.17) is 9.47 Å². The van der Waals surface area contributed by atoms with Gasteiger partial charge in [0, 0.05) is 5.92 Å². The van der Waals surface area contributed by atoms with E-state index in [1.807, 2.05) is 19.9 Å². The number of hydrogen-bond acceptors (Lipinski definition) is 4. The van der Waals surface area contributed by atoms with Gasteiger partial charge in [-0.15, -0.1) is 0 Å². The summed E-state index contributed by atoms with van der Waals surface area (Å²) >= 11 is 0. The Morgan fingerprint density at radius 2 is 2.06 bits per heavy atom. The largest absolute Gasteiger partial charge is 0.429 e. The first kappa shape index (κ1) is 13.1. The molecule has 0 spiro atoms. The van der Waals surface area contributed by atoms with Gasteiger partial charge < -0.3 is 14.6 Å². The molecule has 4 nitrogen and oxygen atoms in total. The van der Waals surface area contributed by atoms with Crippen molar-refractivity contribution in [3.05, 3.63) is 35.9 Å². The number of esters is 1. The molecule has 18 heavy (non-hydrogen) atoms. The summed E-state index contributed by atoms with van der Waals surface area (Å²) in [6, 6.07) is 8.70. The van der Waals surface area contributed by atoms with Crippen molar-refractivity contribution in [3.63, 3.8) is 0 Å². The monoisotopic (exact) mass is 250 g/mol. The van der Waals surface area contributed by atoms with Gasteiger partial charge in [-0.3, -0.25) is 0 Å². The highest BCUT2D eigenvalue weighted by Crippen LogP contribution is 2.29. The highest BCUT2D eigenvalue weighted by atomic mass is 16.7. The minimum absolute atomic E-state index is 0.0245. The fraction of sp³-hybridized carbons (Fsp3) is 0.500. The third kappa shape index (κ3) is 2.54. The number of rotatable bonds is 3. The molecular weight excluding hydrogens is 232 g/mol. The van der Waals surface area contributed by atoms with Crippen LogP contribution in [0.3, 0.4) is 0 Å². The topological polar surface area (TPSA) is 55.8 Å². The van der Waals surface area contributed by atoms with Gasteiger partial charge in [-0.05, 0) is 18.6 Å². The lowest BCUT2D eigenvalue weighted by molar-refractivity contribution is -0.134. The van der Waals surface area contributed by atoms with Crippen LogP contribution in [-0.4, -0.2) is 29.6 Å². The summed E-state index contributed by atoms with van der Waals surface area (Å²) in [5.41, 5.74) is 0.459. The Balaban J connectivity index is 2.00. The third-order valence-electron chi connectivity index (χ3n) is 3.35. The van der Waals surface area contributed by atoms with Crippen LogP contribution >= 0.6 is 0 Å². The first-order valence-corrected chi connectivity index (χ1v) is 6.23. The lowest BCUT2D eigenvalue weighted by Crippen LogP contribution is -2.30. The molecule has 0 amide bonds. The lowest BCUT2D eigenvalue weighted by atomic mass is 9.99. The van der Waals surface area contributed by atoms with Crippen molar-refractivity contribution >= 4 is 5.97 Å². The predicted molar refractivity (Wildman–Crippen MR) is 66.0 cm³/mol. The van der Waals surface area contributed by atoms with Crippen LogP contribution in [0, 0.1) is 5.92 Å². The smallest absolute Gasteiger partial charge is 0.340 e. The fourth-order valence-corrected chi connectivity index (χ4v) is 2.16. The molecule has 1 unspecified atom stereocenters. The van der Waals surface area contributed by atoms with Gasteiger partial charge in [0.15, 0.2) is 0 Å². The predicted octanol–water partition coefficient (Wildman–Crippen LogP) is 1.98. The molecule has 1 aromatic rings. The summed E-state index contributed by atoms with van der Waals surface area (Å²) in [7, 11) is 0. The van der Waals surface area contributed by atoms with Crippen molar-refractivity contribution < 1.29 is 19.4 Å². The number of aliphatic hydroxyl groups excluding tert-OH is 1. The maximum absolute atomic E-state index is 11.8. The van der Waals surface area contributed by atoms with Gasteiger partial charge in [-0.2, -0.15) is 0 Å². The minimum atomic E-state index is -0.863. The van der Waals surface area contributed by atoms with Crippen LogP contribution in [0.1, 0.15) is 30.6 Å². The van der Waals surface area contributed by atoms with Gasteiger partial charge in [-0.1, -0.05) is 32.0 Å². The Morgan fingerprint density at radius 3 is 2.61 bits per heavy atom. The Hall–Kier alpha value is -1.39. The second-order valence-electron chi connectivity index (χ2n) is 4.57. The second kappa shape index (κ2) is 5.50. The Labute approximate surface area is 107 Å². The zero-order chi connectivity index (χ0) is 13.1. The minimum Gasteiger partial charge on any atom is -0.429 e. The zero-order valence-corrected chi connectivity index (χ0v) is 10.6. The van der Waals surface area contributed by atoms with E-state index in [0.717, 1.165) is 6.42 Å². The molecule has 0 radical (unpaired) electrons. The van der Waals surface area contributed by atoms with Crippen molar-refractivity contribution in [1.29, 1.82) is 0 Å². The molecule has 1 heterocycles. The van der Waals surface area contributed by atoms with Gasteiger partial charge >= 0.3 is 5.97 Å². The molecule has 0 saturated carbocycles. The van der Waals surface area contributed by atoms with Crippen molar-refractivity contribution in [3.8, 4) is 0 Å². The van der Waals surface area contributed by atoms with E-state index in [9.17, 15) is 9.90 Å². The molecular formula is C14H18O4. The molecule has 0 aromatic heterocycles. The van der Waals surface area contributed by atoms with E-state index < -0.39 is 18.4 Å². The summed E-state index contributed by atoms with van der Waals surface area (Å²) in [6.45, 7) is 3.88. The van der Waals surface area contributed by atoms with Crippen LogP contribution in [0.4, 0.5) is 0 Å². The van der Waals surface area contributed by atoms with Crippen molar-refractivity contribution in [2.45, 2.75) is 38.8 Å². The first-order valence-electron chi connectivity index (χ1n) is 6.23. The van der Waals surface area contributed by atoms with Crippen LogP contribution in [0.2, 0.25) is 0 Å². The molecule has 0 bridgehead atoms. The van der Waals surface area contributed by atoms with Crippen LogP contribution in [-0.2, 0) is 9.47 Å². The van der Waals surface area contributed by atoms with Crippen molar-refractivity contribution in [2.75, 3.05) is 0 Å². The Bertz CT molecular complexity index is 404. The van der Waals surface area contributed by atoms with Crippen LogP contribution in [0.5, 0.6) is 0 Å². The molecule has 1 aliphatic heterocycles. The molecule has 98 valence electrons. The number of aliphatic hydroxyl groups is 1. The summed E-state index contributed by atoms with van der Waals surface area (Å²) in [6.07, 6.45) is -0.897. The SMILES string of the molecule is CC[C@H]1O[C@@H](OC(=O)c2ccccc2)C(O)[C@H]1C. The van der Waals surface area contributed by atoms with E-state index >= 15 is 0 Å². The van der Waals surface area contributed by atoms with Crippen LogP contribution in [0.15, 0.2) is 30.3 Å². The maximum Gasteiger partial charge on any atom is 0.340 e. The van der Waals surface area contributed by atoms with Crippen molar-refractivity contribution in [2.24, 2.45) is 5.92 Å². The number of benzene rings is 1. The van der Waals surface area contributed by atoms with Gasteiger partial charge in [-0.25, -0.2) is 4.79 Å². The summed E-state index contributed by atoms with van der Waals surface area (Å²) in [5.74, 6) is -0.493. The average Bonchev–Trinajstić information content (AvgIpc) is 2.67. The molecule has 4 heteroatoms. The van der Waals surface area contributed by atoms with Gasteiger partial charge in [0.25, 0.3) is 0 Å². The normalized spacial score (nSPS) is 31.3. The first-order chi connectivity index (χ1) is 8.63. The summed E-state index contributed by atoms with van der Waals surface area (Å²) < 4.78 is 10.7. The van der Waals surface area contributed by atoms with Crippen LogP contribution < -0.4 is 0 Å². The fourth-order valence-electron chi connectivity index (χ4n) is 2.16. The number of ether oxygens (including phenoxy) is 2. The summed E-state index contributed by atoms with van der Waals surface area (Å²) in [4.78, 5) is 11.8. The van der Waals surface area contributed by atoms with Crippen LogP contribution in [0.25, 0.3) is 0 Å². The number of carbonyl (C=O) groups is 1. The Morgan fingerprint density at radius 1 is 1.39 bits per heavy atom. The zero-order valence-electron chi connectivity index (χ0n) is 10.6. The molecule has 1 N–H and O–H groups in total. The maximum atomic E-state index is 11.8. The molecule has 1 fully saturated rings. The van der Waals surface area contributed by atoms with E-state index in [2.05, 4.69) is 0 Å². The molecule has 2 rings (SSSR count). The summed E-state index contributed by atoms with van der Waals surface area (Å²) in [5, 5.41) is 9.95. The van der Waals surface area contributed by atoms with E-state index in [-0.39, 0.29) is 12.0 Å². The molecule has 4 atom stereocenters. The standard InChI is InChI=1S/C14H18O4/c1-3-11-9(2)12(15)14(17-11)18-13(16)10-7-5-4-6-8-10/h4-9,11-12,14-15H,3H2,1-2H3/t9-,11+,12?,14-/m0/s1. The van der Waals surface area contributed by atoms with Gasteiger partial charge in [0.05, 0.1) is 11.7 Å². The van der Waals surface area contributed by atoms with Crippen molar-refractivity contribution in [1.82, 2.24) is 0 Å². The average molecular weight is 250 g/mol. The van der Waals surface area contributed by atoms with E-state index in [1.54, 1.807) is 24.3 Å². The molecule has 1 aromatic carbocycles. The molecule has 1 saturated heterocycles. The number of carbonyl (C=O) groups excluding carboxylic acids is 1. The third-order valence-corrected chi connectivity index (χ3v) is 3.35. The van der Waals surface area contributed by atoms with E-state index in [1.165, 1.54) is 0 Å². The molecule has 0 aliphatic carbocycles. The Kier molecular flexibility index (Phi) is 3.99. The van der Waals surface area contributed by atoms with E-state index in [0.29, 0.717) is 5.56 Å². The lowest BCUT2D eigenvalue weighted by Gasteiger charge is -2.15. The second-order valence-corrected chi connectivity index (χ2v) is 4.57. The molecule has 1 aliphatic rings. The highest BCUT2D eigenvalue weighted by Gasteiger charge is 2.42. The highest BCUT2D eigenvalue weighted by molar-refractivity contribution is 5.89.